The first-order valence-corrected chi connectivity index (χ1v) is 13.8. The molecule has 196 valence electrons. The summed E-state index contributed by atoms with van der Waals surface area (Å²) in [5.41, 5.74) is 2.50. The molecule has 4 aromatic rings. The number of benzene rings is 3. The van der Waals surface area contributed by atoms with E-state index in [2.05, 4.69) is 0 Å². The van der Waals surface area contributed by atoms with Crippen molar-refractivity contribution in [3.63, 3.8) is 0 Å². The van der Waals surface area contributed by atoms with Gasteiger partial charge >= 0.3 is 0 Å². The van der Waals surface area contributed by atoms with E-state index < -0.39 is 0 Å². The fourth-order valence-corrected chi connectivity index (χ4v) is 5.72. The van der Waals surface area contributed by atoms with Crippen LogP contribution in [0.3, 0.4) is 0 Å². The van der Waals surface area contributed by atoms with E-state index in [1.807, 2.05) is 60.8 Å². The molecule has 0 N–H and O–H groups in total. The Kier molecular flexibility index (Phi) is 8.15. The minimum atomic E-state index is -0.315. The molecule has 1 aliphatic rings. The topological polar surface area (TPSA) is 49.9 Å². The molecular weight excluding hydrogens is 499 g/mol. The van der Waals surface area contributed by atoms with Gasteiger partial charge in [-0.15, -0.1) is 11.3 Å². The lowest BCUT2D eigenvalue weighted by atomic mass is 10.1. The van der Waals surface area contributed by atoms with Crippen LogP contribution >= 0.6 is 11.3 Å². The van der Waals surface area contributed by atoms with Gasteiger partial charge < -0.3 is 14.5 Å². The van der Waals surface area contributed by atoms with Gasteiger partial charge in [0.1, 0.15) is 12.4 Å². The van der Waals surface area contributed by atoms with E-state index in [1.54, 1.807) is 33.3 Å². The van der Waals surface area contributed by atoms with Crippen molar-refractivity contribution in [3.05, 3.63) is 106 Å². The molecule has 0 saturated carbocycles. The lowest BCUT2D eigenvalue weighted by Crippen LogP contribution is -2.45. The van der Waals surface area contributed by atoms with Crippen molar-refractivity contribution in [2.24, 2.45) is 0 Å². The Morgan fingerprint density at radius 2 is 1.76 bits per heavy atom. The van der Waals surface area contributed by atoms with E-state index in [0.29, 0.717) is 31.8 Å². The molecule has 0 aliphatic carbocycles. The highest BCUT2D eigenvalue weighted by atomic mass is 32.1. The highest BCUT2D eigenvalue weighted by Gasteiger charge is 2.27. The SMILES string of the molecule is Cc1ccsc1CN(Cc1ccc(F)cc1)C(=O)CN(CC1CCCO1)C(=O)c1ccc2ccccc2c1. The monoisotopic (exact) mass is 530 g/mol. The number of aryl methyl sites for hydroxylation is 1. The molecular formula is C31H31FN2O3S. The molecule has 0 radical (unpaired) electrons. The Hall–Kier alpha value is -3.55. The first-order valence-electron chi connectivity index (χ1n) is 12.9. The van der Waals surface area contributed by atoms with Crippen LogP contribution in [0.25, 0.3) is 10.8 Å². The quantitative estimate of drug-likeness (QED) is 0.259. The first-order chi connectivity index (χ1) is 18.5. The van der Waals surface area contributed by atoms with Crippen molar-refractivity contribution in [2.75, 3.05) is 19.7 Å². The Labute approximate surface area is 226 Å². The normalized spacial score (nSPS) is 15.1. The van der Waals surface area contributed by atoms with Crippen LogP contribution in [0, 0.1) is 12.7 Å². The van der Waals surface area contributed by atoms with Gasteiger partial charge in [-0.1, -0.05) is 42.5 Å². The van der Waals surface area contributed by atoms with E-state index in [-0.39, 0.29) is 30.3 Å². The molecule has 5 rings (SSSR count). The number of rotatable bonds is 9. The summed E-state index contributed by atoms with van der Waals surface area (Å²) in [7, 11) is 0. The molecule has 38 heavy (non-hydrogen) atoms. The zero-order chi connectivity index (χ0) is 26.5. The summed E-state index contributed by atoms with van der Waals surface area (Å²) in [6.45, 7) is 3.76. The van der Waals surface area contributed by atoms with E-state index in [1.165, 1.54) is 12.1 Å². The van der Waals surface area contributed by atoms with Crippen molar-refractivity contribution < 1.29 is 18.7 Å². The van der Waals surface area contributed by atoms with E-state index in [0.717, 1.165) is 39.6 Å². The molecule has 1 fully saturated rings. The first kappa shape index (κ1) is 26.1. The molecule has 0 bridgehead atoms. The maximum atomic E-state index is 13.8. The van der Waals surface area contributed by atoms with Gasteiger partial charge in [0.05, 0.1) is 12.6 Å². The summed E-state index contributed by atoms with van der Waals surface area (Å²) >= 11 is 1.60. The number of amides is 2. The lowest BCUT2D eigenvalue weighted by Gasteiger charge is -2.29. The molecule has 7 heteroatoms. The van der Waals surface area contributed by atoms with Gasteiger partial charge in [0.2, 0.25) is 5.91 Å². The Morgan fingerprint density at radius 1 is 0.974 bits per heavy atom. The van der Waals surface area contributed by atoms with E-state index in [4.69, 9.17) is 4.74 Å². The second-order valence-electron chi connectivity index (χ2n) is 9.79. The fraction of sp³-hybridized carbons (Fsp3) is 0.290. The van der Waals surface area contributed by atoms with Crippen LogP contribution < -0.4 is 0 Å². The number of halogens is 1. The number of carbonyl (C=O) groups is 2. The van der Waals surface area contributed by atoms with E-state index >= 15 is 0 Å². The van der Waals surface area contributed by atoms with Gasteiger partial charge in [-0.25, -0.2) is 4.39 Å². The number of hydrogen-bond acceptors (Lipinski definition) is 4. The van der Waals surface area contributed by atoms with Gasteiger partial charge in [0, 0.05) is 30.1 Å². The molecule has 5 nitrogen and oxygen atoms in total. The second kappa shape index (κ2) is 11.9. The third-order valence-electron chi connectivity index (χ3n) is 7.00. The molecule has 2 amide bonds. The number of ether oxygens (including phenoxy) is 1. The van der Waals surface area contributed by atoms with Gasteiger partial charge in [-0.3, -0.25) is 9.59 Å². The number of nitrogens with zero attached hydrogens (tertiary/aromatic N) is 2. The molecule has 1 aromatic heterocycles. The average Bonchev–Trinajstić information content (AvgIpc) is 3.60. The molecule has 1 atom stereocenters. The molecule has 2 heterocycles. The summed E-state index contributed by atoms with van der Waals surface area (Å²) < 4.78 is 19.4. The van der Waals surface area contributed by atoms with Gasteiger partial charge in [0.15, 0.2) is 0 Å². The zero-order valence-electron chi connectivity index (χ0n) is 21.4. The number of hydrogen-bond donors (Lipinski definition) is 0. The van der Waals surface area contributed by atoms with Crippen LogP contribution in [0.4, 0.5) is 4.39 Å². The largest absolute Gasteiger partial charge is 0.376 e. The highest BCUT2D eigenvalue weighted by Crippen LogP contribution is 2.22. The summed E-state index contributed by atoms with van der Waals surface area (Å²) in [5.74, 6) is -0.660. The highest BCUT2D eigenvalue weighted by molar-refractivity contribution is 7.10. The predicted octanol–water partition coefficient (Wildman–Crippen LogP) is 6.20. The fourth-order valence-electron chi connectivity index (χ4n) is 4.80. The second-order valence-corrected chi connectivity index (χ2v) is 10.8. The van der Waals surface area contributed by atoms with Crippen molar-refractivity contribution >= 4 is 33.9 Å². The molecule has 1 aliphatic heterocycles. The van der Waals surface area contributed by atoms with Crippen molar-refractivity contribution in [2.45, 2.75) is 39.0 Å². The molecule has 0 spiro atoms. The summed E-state index contributed by atoms with van der Waals surface area (Å²) in [5, 5.41) is 4.05. The lowest BCUT2D eigenvalue weighted by molar-refractivity contribution is -0.133. The van der Waals surface area contributed by atoms with Gasteiger partial charge in [0.25, 0.3) is 5.91 Å². The number of thiophene rings is 1. The third-order valence-corrected chi connectivity index (χ3v) is 8.01. The Morgan fingerprint density at radius 3 is 2.47 bits per heavy atom. The summed E-state index contributed by atoms with van der Waals surface area (Å²) in [6, 6.07) is 21.8. The number of carbonyl (C=O) groups excluding carboxylic acids is 2. The maximum absolute atomic E-state index is 13.8. The average molecular weight is 531 g/mol. The van der Waals surface area contributed by atoms with Gasteiger partial charge in [-0.05, 0) is 77.4 Å². The van der Waals surface area contributed by atoms with Crippen molar-refractivity contribution in [1.82, 2.24) is 9.80 Å². The standard InChI is InChI=1S/C31H31FN2O3S/c1-22-14-16-38-29(22)20-33(18-23-8-12-27(32)13-9-23)30(35)21-34(19-28-7-4-15-37-28)31(36)26-11-10-24-5-2-3-6-25(24)17-26/h2-3,5-6,8-14,16-17,28H,4,7,15,18-21H2,1H3. The Bertz CT molecular complexity index is 1410. The molecule has 1 unspecified atom stereocenters. The summed E-state index contributed by atoms with van der Waals surface area (Å²) in [4.78, 5) is 32.0. The van der Waals surface area contributed by atoms with Crippen LogP contribution in [0.2, 0.25) is 0 Å². The van der Waals surface area contributed by atoms with Crippen LogP contribution in [-0.2, 0) is 22.6 Å². The molecule has 3 aromatic carbocycles. The zero-order valence-corrected chi connectivity index (χ0v) is 22.3. The Balaban J connectivity index is 1.40. The maximum Gasteiger partial charge on any atom is 0.254 e. The predicted molar refractivity (Wildman–Crippen MR) is 149 cm³/mol. The molecule has 1 saturated heterocycles. The number of fused-ring (bicyclic) bond motifs is 1. The van der Waals surface area contributed by atoms with E-state index in [9.17, 15) is 14.0 Å². The third kappa shape index (κ3) is 6.29. The van der Waals surface area contributed by atoms with Crippen LogP contribution in [0.15, 0.2) is 78.2 Å². The summed E-state index contributed by atoms with van der Waals surface area (Å²) in [6.07, 6.45) is 1.73. The minimum Gasteiger partial charge on any atom is -0.376 e. The van der Waals surface area contributed by atoms with Crippen molar-refractivity contribution in [1.29, 1.82) is 0 Å². The smallest absolute Gasteiger partial charge is 0.254 e. The van der Waals surface area contributed by atoms with Crippen molar-refractivity contribution in [3.8, 4) is 0 Å². The van der Waals surface area contributed by atoms with Gasteiger partial charge in [-0.2, -0.15) is 0 Å². The van der Waals surface area contributed by atoms with Crippen LogP contribution in [0.1, 0.15) is 39.2 Å². The van der Waals surface area contributed by atoms with Crippen LogP contribution in [-0.4, -0.2) is 47.4 Å². The minimum absolute atomic E-state index is 0.0584. The van der Waals surface area contributed by atoms with Crippen LogP contribution in [0.5, 0.6) is 0 Å².